The Kier molecular flexibility index (Phi) is 3.29. The maximum absolute atomic E-state index is 11.8. The summed E-state index contributed by atoms with van der Waals surface area (Å²) in [5.41, 5.74) is 1.39. The predicted octanol–water partition coefficient (Wildman–Crippen LogP) is 1.25. The first-order chi connectivity index (χ1) is 8.52. The molecule has 0 aliphatic carbocycles. The van der Waals surface area contributed by atoms with Crippen LogP contribution in [-0.4, -0.2) is 29.1 Å². The Morgan fingerprint density at radius 1 is 1.56 bits per heavy atom. The maximum atomic E-state index is 11.8. The summed E-state index contributed by atoms with van der Waals surface area (Å²) < 4.78 is 0. The highest BCUT2D eigenvalue weighted by Gasteiger charge is 2.31. The van der Waals surface area contributed by atoms with E-state index in [2.05, 4.69) is 0 Å². The third kappa shape index (κ3) is 2.19. The summed E-state index contributed by atoms with van der Waals surface area (Å²) in [6, 6.07) is 4.43. The molecule has 96 valence electrons. The van der Waals surface area contributed by atoms with Crippen molar-refractivity contribution in [3.63, 3.8) is 0 Å². The van der Waals surface area contributed by atoms with Gasteiger partial charge in [0.15, 0.2) is 0 Å². The van der Waals surface area contributed by atoms with E-state index in [4.69, 9.17) is 5.11 Å². The van der Waals surface area contributed by atoms with Crippen LogP contribution in [0.3, 0.4) is 0 Å². The van der Waals surface area contributed by atoms with Crippen LogP contribution in [0.1, 0.15) is 12.0 Å². The van der Waals surface area contributed by atoms with Gasteiger partial charge >= 0.3 is 0 Å². The second-order valence-electron chi connectivity index (χ2n) is 4.48. The molecule has 1 aromatic rings. The van der Waals surface area contributed by atoms with Crippen molar-refractivity contribution in [2.75, 3.05) is 18.1 Å². The Bertz CT molecular complexity index is 501. The van der Waals surface area contributed by atoms with E-state index in [-0.39, 0.29) is 24.1 Å². The summed E-state index contributed by atoms with van der Waals surface area (Å²) in [6.45, 7) is 2.18. The minimum Gasteiger partial charge on any atom is -0.396 e. The molecule has 0 spiro atoms. The molecule has 1 amide bonds. The van der Waals surface area contributed by atoms with Crippen LogP contribution in [0.5, 0.6) is 0 Å². The van der Waals surface area contributed by atoms with E-state index < -0.39 is 4.92 Å². The highest BCUT2D eigenvalue weighted by atomic mass is 16.6. The molecule has 1 aliphatic heterocycles. The monoisotopic (exact) mass is 250 g/mol. The van der Waals surface area contributed by atoms with Crippen LogP contribution in [-0.2, 0) is 4.79 Å². The zero-order chi connectivity index (χ0) is 13.3. The Morgan fingerprint density at radius 2 is 2.28 bits per heavy atom. The second-order valence-corrected chi connectivity index (χ2v) is 4.48. The molecular formula is C12H14N2O4. The Morgan fingerprint density at radius 3 is 2.78 bits per heavy atom. The number of carbonyl (C=O) groups is 1. The van der Waals surface area contributed by atoms with Crippen LogP contribution in [0, 0.1) is 23.0 Å². The number of nitro benzene ring substituents is 1. The zero-order valence-corrected chi connectivity index (χ0v) is 10.00. The molecule has 1 saturated heterocycles. The summed E-state index contributed by atoms with van der Waals surface area (Å²) >= 11 is 0. The average Bonchev–Trinajstić information content (AvgIpc) is 2.70. The van der Waals surface area contributed by atoms with Gasteiger partial charge < -0.3 is 10.0 Å². The predicted molar refractivity (Wildman–Crippen MR) is 65.4 cm³/mol. The number of nitro groups is 1. The number of rotatable bonds is 3. The number of benzene rings is 1. The van der Waals surface area contributed by atoms with Crippen LogP contribution >= 0.6 is 0 Å². The largest absolute Gasteiger partial charge is 0.396 e. The van der Waals surface area contributed by atoms with Crippen LogP contribution in [0.4, 0.5) is 11.4 Å². The molecule has 0 bridgehead atoms. The summed E-state index contributed by atoms with van der Waals surface area (Å²) in [5.74, 6) is -0.0990. The molecule has 1 unspecified atom stereocenters. The number of non-ortho nitro benzene ring substituents is 1. The standard InChI is InChI=1S/C12H14N2O4/c1-8-4-10(14(17)18)2-3-11(8)13-6-9(7-15)5-12(13)16/h2-4,9,15H,5-7H2,1H3. The van der Waals surface area contributed by atoms with Gasteiger partial charge in [0.05, 0.1) is 4.92 Å². The van der Waals surface area contributed by atoms with E-state index in [1.807, 2.05) is 0 Å². The first kappa shape index (κ1) is 12.5. The third-order valence-electron chi connectivity index (χ3n) is 3.15. The van der Waals surface area contributed by atoms with Crippen molar-refractivity contribution in [2.45, 2.75) is 13.3 Å². The quantitative estimate of drug-likeness (QED) is 0.646. The van der Waals surface area contributed by atoms with Gasteiger partial charge in [0.25, 0.3) is 5.69 Å². The number of nitrogens with zero attached hydrogens (tertiary/aromatic N) is 2. The molecule has 1 atom stereocenters. The van der Waals surface area contributed by atoms with Gasteiger partial charge in [-0.15, -0.1) is 0 Å². The van der Waals surface area contributed by atoms with Crippen molar-refractivity contribution in [1.29, 1.82) is 0 Å². The number of anilines is 1. The second kappa shape index (κ2) is 4.73. The third-order valence-corrected chi connectivity index (χ3v) is 3.15. The van der Waals surface area contributed by atoms with Crippen LogP contribution in [0.15, 0.2) is 18.2 Å². The number of amides is 1. The lowest BCUT2D eigenvalue weighted by atomic mass is 10.1. The molecular weight excluding hydrogens is 236 g/mol. The molecule has 0 aromatic heterocycles. The molecule has 1 aromatic carbocycles. The molecule has 2 rings (SSSR count). The molecule has 1 aliphatic rings. The summed E-state index contributed by atoms with van der Waals surface area (Å²) in [4.78, 5) is 23.6. The summed E-state index contributed by atoms with van der Waals surface area (Å²) in [5, 5.41) is 19.7. The van der Waals surface area contributed by atoms with Crippen molar-refractivity contribution in [3.8, 4) is 0 Å². The van der Waals surface area contributed by atoms with Gasteiger partial charge in [-0.2, -0.15) is 0 Å². The van der Waals surface area contributed by atoms with E-state index in [1.165, 1.54) is 12.1 Å². The van der Waals surface area contributed by atoms with Gasteiger partial charge in [-0.1, -0.05) is 0 Å². The van der Waals surface area contributed by atoms with E-state index in [1.54, 1.807) is 17.9 Å². The topological polar surface area (TPSA) is 83.7 Å². The fourth-order valence-corrected chi connectivity index (χ4v) is 2.19. The molecule has 6 nitrogen and oxygen atoms in total. The molecule has 6 heteroatoms. The van der Waals surface area contributed by atoms with Gasteiger partial charge in [0, 0.05) is 43.3 Å². The number of aryl methyl sites for hydroxylation is 1. The lowest BCUT2D eigenvalue weighted by molar-refractivity contribution is -0.384. The fraction of sp³-hybridized carbons (Fsp3) is 0.417. The normalized spacial score (nSPS) is 19.3. The van der Waals surface area contributed by atoms with Crippen LogP contribution in [0.25, 0.3) is 0 Å². The van der Waals surface area contributed by atoms with Gasteiger partial charge in [-0.05, 0) is 18.6 Å². The first-order valence-corrected chi connectivity index (χ1v) is 5.69. The van der Waals surface area contributed by atoms with Crippen LogP contribution in [0.2, 0.25) is 0 Å². The van der Waals surface area contributed by atoms with Crippen molar-refractivity contribution in [1.82, 2.24) is 0 Å². The first-order valence-electron chi connectivity index (χ1n) is 5.69. The van der Waals surface area contributed by atoms with E-state index >= 15 is 0 Å². The minimum atomic E-state index is -0.459. The molecule has 1 heterocycles. The lowest BCUT2D eigenvalue weighted by Gasteiger charge is -2.18. The van der Waals surface area contributed by atoms with Gasteiger partial charge in [-0.25, -0.2) is 0 Å². The average molecular weight is 250 g/mol. The molecule has 1 fully saturated rings. The summed E-state index contributed by atoms with van der Waals surface area (Å²) in [7, 11) is 0. The van der Waals surface area contributed by atoms with E-state index in [9.17, 15) is 14.9 Å². The zero-order valence-electron chi connectivity index (χ0n) is 10.00. The number of hydrogen-bond acceptors (Lipinski definition) is 4. The number of hydrogen-bond donors (Lipinski definition) is 1. The molecule has 18 heavy (non-hydrogen) atoms. The van der Waals surface area contributed by atoms with Gasteiger partial charge in [-0.3, -0.25) is 14.9 Å². The van der Waals surface area contributed by atoms with Crippen molar-refractivity contribution < 1.29 is 14.8 Å². The highest BCUT2D eigenvalue weighted by Crippen LogP contribution is 2.29. The highest BCUT2D eigenvalue weighted by molar-refractivity contribution is 5.96. The van der Waals surface area contributed by atoms with Crippen molar-refractivity contribution in [2.24, 2.45) is 5.92 Å². The van der Waals surface area contributed by atoms with Gasteiger partial charge in [0.1, 0.15) is 0 Å². The molecule has 1 N–H and O–H groups in total. The summed E-state index contributed by atoms with van der Waals surface area (Å²) in [6.07, 6.45) is 0.326. The number of aliphatic hydroxyl groups excluding tert-OH is 1. The van der Waals surface area contributed by atoms with Crippen LogP contribution < -0.4 is 4.90 Å². The lowest BCUT2D eigenvalue weighted by Crippen LogP contribution is -2.25. The van der Waals surface area contributed by atoms with E-state index in [0.717, 1.165) is 0 Å². The fourth-order valence-electron chi connectivity index (χ4n) is 2.19. The van der Waals surface area contributed by atoms with Gasteiger partial charge in [0.2, 0.25) is 5.91 Å². The smallest absolute Gasteiger partial charge is 0.269 e. The molecule has 0 radical (unpaired) electrons. The maximum Gasteiger partial charge on any atom is 0.269 e. The Balaban J connectivity index is 2.29. The SMILES string of the molecule is Cc1cc([N+](=O)[O-])ccc1N1CC(CO)CC1=O. The Labute approximate surface area is 104 Å². The minimum absolute atomic E-state index is 0.0154. The van der Waals surface area contributed by atoms with Crippen molar-refractivity contribution >= 4 is 17.3 Å². The van der Waals surface area contributed by atoms with E-state index in [0.29, 0.717) is 24.2 Å². The number of carbonyl (C=O) groups excluding carboxylic acids is 1. The number of aliphatic hydroxyl groups is 1. The molecule has 0 saturated carbocycles. The Hall–Kier alpha value is -1.95. The van der Waals surface area contributed by atoms with Crippen molar-refractivity contribution in [3.05, 3.63) is 33.9 Å².